The number of furan rings is 1. The first kappa shape index (κ1) is 16.6. The summed E-state index contributed by atoms with van der Waals surface area (Å²) in [6.45, 7) is 13.4. The Morgan fingerprint density at radius 3 is 2.54 bits per heavy atom. The summed E-state index contributed by atoms with van der Waals surface area (Å²) in [5.74, 6) is 1.01. The molecule has 0 aliphatic heterocycles. The highest BCUT2D eigenvalue weighted by Crippen LogP contribution is 2.35. The van der Waals surface area contributed by atoms with Crippen LogP contribution in [0.1, 0.15) is 46.6 Å². The van der Waals surface area contributed by atoms with Gasteiger partial charge in [0.1, 0.15) is 17.2 Å². The molecule has 3 aromatic rings. The van der Waals surface area contributed by atoms with E-state index in [1.165, 1.54) is 5.56 Å². The maximum absolute atomic E-state index is 5.28. The number of hydrogen-bond donors (Lipinski definition) is 1. The van der Waals surface area contributed by atoms with E-state index in [9.17, 15) is 0 Å². The van der Waals surface area contributed by atoms with Gasteiger partial charge in [0.25, 0.3) is 0 Å². The van der Waals surface area contributed by atoms with Crippen molar-refractivity contribution >= 4 is 11.5 Å². The molecule has 4 heteroatoms. The lowest BCUT2D eigenvalue weighted by Gasteiger charge is -2.34. The highest BCUT2D eigenvalue weighted by atomic mass is 16.3. The predicted octanol–water partition coefficient (Wildman–Crippen LogP) is 5.53. The molecule has 0 unspecified atom stereocenters. The van der Waals surface area contributed by atoms with Crippen molar-refractivity contribution in [2.75, 3.05) is 5.32 Å². The van der Waals surface area contributed by atoms with Crippen molar-refractivity contribution in [1.29, 1.82) is 0 Å². The highest BCUT2D eigenvalue weighted by molar-refractivity contribution is 5.76. The average Bonchev–Trinajstić information content (AvgIpc) is 3.03. The number of rotatable bonds is 4. The number of aryl methyl sites for hydroxylation is 1. The SMILES string of the molecule is Cc1ccn2c(NC(C)(C)CC(C)(C)C)c(-c3ccoc3)nc2c1. The standard InChI is InChI=1S/C20H27N3O/c1-14-7-9-23-16(11-14)21-17(15-8-10-24-12-15)18(23)22-20(5,6)13-19(2,3)4/h7-12,22H,13H2,1-6H3. The van der Waals surface area contributed by atoms with E-state index < -0.39 is 0 Å². The van der Waals surface area contributed by atoms with Gasteiger partial charge >= 0.3 is 0 Å². The molecule has 128 valence electrons. The van der Waals surface area contributed by atoms with Crippen LogP contribution in [0, 0.1) is 12.3 Å². The first-order valence-electron chi connectivity index (χ1n) is 8.44. The normalized spacial score (nSPS) is 12.8. The molecule has 3 rings (SSSR count). The molecule has 0 radical (unpaired) electrons. The summed E-state index contributed by atoms with van der Waals surface area (Å²) in [6, 6.07) is 6.16. The van der Waals surface area contributed by atoms with Gasteiger partial charge in [-0.15, -0.1) is 0 Å². The van der Waals surface area contributed by atoms with Crippen LogP contribution < -0.4 is 5.32 Å². The number of hydrogen-bond acceptors (Lipinski definition) is 3. The second kappa shape index (κ2) is 5.69. The summed E-state index contributed by atoms with van der Waals surface area (Å²) in [5, 5.41) is 3.73. The summed E-state index contributed by atoms with van der Waals surface area (Å²) in [6.07, 6.45) is 6.56. The average molecular weight is 325 g/mol. The molecule has 0 fully saturated rings. The zero-order chi connectivity index (χ0) is 17.5. The summed E-state index contributed by atoms with van der Waals surface area (Å²) < 4.78 is 7.40. The van der Waals surface area contributed by atoms with E-state index in [0.29, 0.717) is 0 Å². The molecule has 0 saturated heterocycles. The minimum atomic E-state index is -0.0580. The van der Waals surface area contributed by atoms with Crippen LogP contribution in [0.25, 0.3) is 16.9 Å². The minimum Gasteiger partial charge on any atom is -0.472 e. The van der Waals surface area contributed by atoms with Crippen LogP contribution in [0.4, 0.5) is 5.82 Å². The van der Waals surface area contributed by atoms with Crippen LogP contribution in [0.3, 0.4) is 0 Å². The molecule has 3 heterocycles. The largest absolute Gasteiger partial charge is 0.472 e. The molecule has 24 heavy (non-hydrogen) atoms. The summed E-state index contributed by atoms with van der Waals surface area (Å²) in [5.41, 5.74) is 4.25. The molecule has 0 aromatic carbocycles. The van der Waals surface area contributed by atoms with E-state index in [2.05, 4.69) is 69.6 Å². The first-order chi connectivity index (χ1) is 11.1. The Morgan fingerprint density at radius 1 is 1.17 bits per heavy atom. The molecular weight excluding hydrogens is 298 g/mol. The Bertz CT molecular complexity index is 836. The van der Waals surface area contributed by atoms with Crippen molar-refractivity contribution in [2.24, 2.45) is 5.41 Å². The number of pyridine rings is 1. The van der Waals surface area contributed by atoms with Gasteiger partial charge in [-0.1, -0.05) is 20.8 Å². The molecule has 0 bridgehead atoms. The molecule has 0 spiro atoms. The van der Waals surface area contributed by atoms with Crippen molar-refractivity contribution < 1.29 is 4.42 Å². The number of aromatic nitrogens is 2. The van der Waals surface area contributed by atoms with Crippen molar-refractivity contribution in [3.8, 4) is 11.3 Å². The van der Waals surface area contributed by atoms with Crippen LogP contribution in [-0.4, -0.2) is 14.9 Å². The van der Waals surface area contributed by atoms with Crippen LogP contribution in [0.2, 0.25) is 0 Å². The Balaban J connectivity index is 2.10. The van der Waals surface area contributed by atoms with Gasteiger partial charge < -0.3 is 9.73 Å². The van der Waals surface area contributed by atoms with E-state index >= 15 is 0 Å². The maximum Gasteiger partial charge on any atom is 0.139 e. The lowest BCUT2D eigenvalue weighted by molar-refractivity contribution is 0.302. The fourth-order valence-corrected chi connectivity index (χ4v) is 3.56. The van der Waals surface area contributed by atoms with E-state index in [1.54, 1.807) is 12.5 Å². The Labute approximate surface area is 143 Å². The number of anilines is 1. The summed E-state index contributed by atoms with van der Waals surface area (Å²) >= 11 is 0. The Morgan fingerprint density at radius 2 is 1.92 bits per heavy atom. The molecule has 0 saturated carbocycles. The van der Waals surface area contributed by atoms with Gasteiger partial charge in [-0.05, 0) is 56.4 Å². The third-order valence-electron chi connectivity index (χ3n) is 4.01. The van der Waals surface area contributed by atoms with Gasteiger partial charge in [0.2, 0.25) is 0 Å². The van der Waals surface area contributed by atoms with Crippen molar-refractivity contribution in [3.63, 3.8) is 0 Å². The maximum atomic E-state index is 5.28. The minimum absolute atomic E-state index is 0.0580. The molecule has 0 atom stereocenters. The number of fused-ring (bicyclic) bond motifs is 1. The van der Waals surface area contributed by atoms with Crippen molar-refractivity contribution in [1.82, 2.24) is 9.38 Å². The second-order valence-electron chi connectivity index (χ2n) is 8.50. The molecule has 0 aliphatic carbocycles. The number of nitrogens with one attached hydrogen (secondary N) is 1. The molecule has 0 amide bonds. The van der Waals surface area contributed by atoms with Gasteiger partial charge in [-0.2, -0.15) is 0 Å². The second-order valence-corrected chi connectivity index (χ2v) is 8.50. The van der Waals surface area contributed by atoms with Gasteiger partial charge in [-0.25, -0.2) is 4.98 Å². The Hall–Kier alpha value is -2.23. The van der Waals surface area contributed by atoms with Gasteiger partial charge in [0, 0.05) is 17.3 Å². The van der Waals surface area contributed by atoms with Crippen LogP contribution >= 0.6 is 0 Å². The number of nitrogens with zero attached hydrogens (tertiary/aromatic N) is 2. The zero-order valence-electron chi connectivity index (χ0n) is 15.5. The third kappa shape index (κ3) is 3.48. The quantitative estimate of drug-likeness (QED) is 0.686. The van der Waals surface area contributed by atoms with E-state index in [0.717, 1.165) is 29.1 Å². The van der Waals surface area contributed by atoms with Gasteiger partial charge in [0.15, 0.2) is 0 Å². The number of imidazole rings is 1. The summed E-state index contributed by atoms with van der Waals surface area (Å²) in [7, 11) is 0. The predicted molar refractivity (Wildman–Crippen MR) is 99.4 cm³/mol. The van der Waals surface area contributed by atoms with Crippen molar-refractivity contribution in [2.45, 2.75) is 53.5 Å². The van der Waals surface area contributed by atoms with Crippen LogP contribution in [-0.2, 0) is 0 Å². The Kier molecular flexibility index (Phi) is 3.94. The zero-order valence-corrected chi connectivity index (χ0v) is 15.5. The molecule has 3 aromatic heterocycles. The topological polar surface area (TPSA) is 42.5 Å². The fraction of sp³-hybridized carbons (Fsp3) is 0.450. The smallest absolute Gasteiger partial charge is 0.139 e. The van der Waals surface area contributed by atoms with Crippen LogP contribution in [0.5, 0.6) is 0 Å². The van der Waals surface area contributed by atoms with Gasteiger partial charge in [0.05, 0.1) is 12.5 Å². The van der Waals surface area contributed by atoms with E-state index in [1.807, 2.05) is 6.07 Å². The molecular formula is C20H27N3O. The molecule has 4 nitrogen and oxygen atoms in total. The first-order valence-corrected chi connectivity index (χ1v) is 8.44. The highest BCUT2D eigenvalue weighted by Gasteiger charge is 2.28. The van der Waals surface area contributed by atoms with Gasteiger partial charge in [-0.3, -0.25) is 4.40 Å². The molecule has 0 aliphatic rings. The van der Waals surface area contributed by atoms with Crippen LogP contribution in [0.15, 0.2) is 41.3 Å². The van der Waals surface area contributed by atoms with E-state index in [-0.39, 0.29) is 11.0 Å². The fourth-order valence-electron chi connectivity index (χ4n) is 3.56. The monoisotopic (exact) mass is 325 g/mol. The van der Waals surface area contributed by atoms with E-state index in [4.69, 9.17) is 9.40 Å². The summed E-state index contributed by atoms with van der Waals surface area (Å²) in [4.78, 5) is 4.84. The lowest BCUT2D eigenvalue weighted by Crippen LogP contribution is -2.36. The lowest BCUT2D eigenvalue weighted by atomic mass is 9.82. The van der Waals surface area contributed by atoms with Crippen molar-refractivity contribution in [3.05, 3.63) is 42.5 Å². The molecule has 1 N–H and O–H groups in total. The third-order valence-corrected chi connectivity index (χ3v) is 4.01.